The van der Waals surface area contributed by atoms with E-state index in [9.17, 15) is 4.79 Å². The molecule has 1 aliphatic heterocycles. The zero-order valence-corrected chi connectivity index (χ0v) is 26.8. The standard InChI is InChI=1S/C25H41N3O2.C10H14/c1-9-22(21-13-11-12-14-21)23(19(4)26-10-2)20(5)28-16-15-27(17-18(28)3)24(29)30-25(6,7)8;1-3-5-10-7-4-6-9(2)8-10/h9-10,18,21H,2,11-17H2,1,3-8H3;4,6-8H,3,5H2,1-2H3/b22-9-,23-20-,26-19?;. The number of hydrogen-bond donors (Lipinski definition) is 0. The van der Waals surface area contributed by atoms with Crippen molar-refractivity contribution in [3.05, 3.63) is 71.1 Å². The number of benzene rings is 1. The lowest BCUT2D eigenvalue weighted by Crippen LogP contribution is -2.54. The van der Waals surface area contributed by atoms with E-state index in [-0.39, 0.29) is 12.1 Å². The van der Waals surface area contributed by atoms with Crippen LogP contribution in [-0.4, -0.2) is 52.9 Å². The number of hydrogen-bond acceptors (Lipinski definition) is 4. The zero-order valence-electron chi connectivity index (χ0n) is 26.8. The minimum Gasteiger partial charge on any atom is -0.444 e. The van der Waals surface area contributed by atoms with Crippen molar-refractivity contribution in [1.82, 2.24) is 9.80 Å². The average Bonchev–Trinajstić information content (AvgIpc) is 3.41. The summed E-state index contributed by atoms with van der Waals surface area (Å²) in [7, 11) is 0. The number of ether oxygens (including phenoxy) is 1. The Balaban J connectivity index is 0.000000469. The lowest BCUT2D eigenvalue weighted by atomic mass is 9.87. The average molecular weight is 550 g/mol. The van der Waals surface area contributed by atoms with Gasteiger partial charge in [-0.2, -0.15) is 0 Å². The smallest absolute Gasteiger partial charge is 0.410 e. The molecule has 1 unspecified atom stereocenters. The molecule has 0 radical (unpaired) electrons. The van der Waals surface area contributed by atoms with Gasteiger partial charge in [-0.3, -0.25) is 4.99 Å². The monoisotopic (exact) mass is 549 g/mol. The van der Waals surface area contributed by atoms with Crippen molar-refractivity contribution in [2.75, 3.05) is 19.6 Å². The van der Waals surface area contributed by atoms with Crippen LogP contribution in [0.2, 0.25) is 0 Å². The molecule has 1 saturated heterocycles. The zero-order chi connectivity index (χ0) is 29.9. The summed E-state index contributed by atoms with van der Waals surface area (Å²) in [6.45, 7) is 24.6. The second-order valence-electron chi connectivity index (χ2n) is 12.3. The molecule has 0 bridgehead atoms. The molecule has 1 aromatic rings. The SMILES string of the molecule is C=CN=C(C)C(/C(=C\C)C1CCCC1)=C(\C)N1CCN(C(=O)OC(C)(C)C)CC1C.CCCc1cccc(C)c1. The summed E-state index contributed by atoms with van der Waals surface area (Å²) in [5.41, 5.74) is 7.28. The van der Waals surface area contributed by atoms with Crippen LogP contribution in [-0.2, 0) is 11.2 Å². The Labute approximate surface area is 245 Å². The van der Waals surface area contributed by atoms with Gasteiger partial charge in [0.2, 0.25) is 0 Å². The minimum atomic E-state index is -0.471. The van der Waals surface area contributed by atoms with Gasteiger partial charge >= 0.3 is 6.09 Å². The lowest BCUT2D eigenvalue weighted by molar-refractivity contribution is 0.0101. The first-order chi connectivity index (χ1) is 18.9. The van der Waals surface area contributed by atoms with Crippen molar-refractivity contribution in [1.29, 1.82) is 0 Å². The number of carbonyl (C=O) groups is 1. The molecule has 1 heterocycles. The van der Waals surface area contributed by atoms with Crippen LogP contribution in [0.3, 0.4) is 0 Å². The first-order valence-electron chi connectivity index (χ1n) is 15.2. The minimum absolute atomic E-state index is 0.208. The molecule has 40 heavy (non-hydrogen) atoms. The summed E-state index contributed by atoms with van der Waals surface area (Å²) in [6, 6.07) is 8.92. The van der Waals surface area contributed by atoms with E-state index >= 15 is 0 Å². The number of nitrogens with zero attached hydrogens (tertiary/aromatic N) is 3. The molecule has 1 aliphatic carbocycles. The van der Waals surface area contributed by atoms with Gasteiger partial charge in [0.1, 0.15) is 5.60 Å². The molecule has 1 atom stereocenters. The van der Waals surface area contributed by atoms with Gasteiger partial charge in [-0.1, -0.05) is 68.7 Å². The number of allylic oxidation sites excluding steroid dienone is 4. The first-order valence-corrected chi connectivity index (χ1v) is 15.2. The van der Waals surface area contributed by atoms with E-state index in [1.54, 1.807) is 6.20 Å². The van der Waals surface area contributed by atoms with Crippen molar-refractivity contribution >= 4 is 11.8 Å². The van der Waals surface area contributed by atoms with Crippen LogP contribution in [0.15, 0.2) is 65.0 Å². The molecule has 5 heteroatoms. The van der Waals surface area contributed by atoms with Gasteiger partial charge in [0.25, 0.3) is 0 Å². The summed E-state index contributed by atoms with van der Waals surface area (Å²) in [5.74, 6) is 0.605. The molecule has 1 amide bonds. The predicted octanol–water partition coefficient (Wildman–Crippen LogP) is 8.89. The fraction of sp³-hybridized carbons (Fsp3) is 0.600. The third kappa shape index (κ3) is 9.98. The number of piperazine rings is 1. The molecule has 1 aromatic carbocycles. The molecule has 3 rings (SSSR count). The third-order valence-corrected chi connectivity index (χ3v) is 7.73. The Bertz CT molecular complexity index is 1070. The Morgan fingerprint density at radius 2 is 1.85 bits per heavy atom. The second-order valence-corrected chi connectivity index (χ2v) is 12.3. The topological polar surface area (TPSA) is 45.1 Å². The van der Waals surface area contributed by atoms with Crippen LogP contribution in [0, 0.1) is 12.8 Å². The summed E-state index contributed by atoms with van der Waals surface area (Å²) in [5, 5.41) is 0. The van der Waals surface area contributed by atoms with Crippen molar-refractivity contribution in [3.8, 4) is 0 Å². The van der Waals surface area contributed by atoms with Gasteiger partial charge in [0.05, 0.1) is 0 Å². The van der Waals surface area contributed by atoms with E-state index < -0.39 is 5.60 Å². The Morgan fingerprint density at radius 1 is 1.18 bits per heavy atom. The summed E-state index contributed by atoms with van der Waals surface area (Å²) < 4.78 is 5.58. The molecular weight excluding hydrogens is 494 g/mol. The van der Waals surface area contributed by atoms with Gasteiger partial charge in [-0.25, -0.2) is 4.79 Å². The Kier molecular flexibility index (Phi) is 13.2. The maximum atomic E-state index is 12.5. The number of rotatable bonds is 7. The van der Waals surface area contributed by atoms with Crippen LogP contribution >= 0.6 is 0 Å². The normalized spacial score (nSPS) is 19.6. The maximum absolute atomic E-state index is 12.5. The van der Waals surface area contributed by atoms with Crippen LogP contribution in [0.5, 0.6) is 0 Å². The second kappa shape index (κ2) is 15.8. The van der Waals surface area contributed by atoms with E-state index in [0.717, 1.165) is 12.3 Å². The maximum Gasteiger partial charge on any atom is 0.410 e. The largest absolute Gasteiger partial charge is 0.444 e. The Morgan fingerprint density at radius 3 is 2.38 bits per heavy atom. The quantitative estimate of drug-likeness (QED) is 0.252. The number of amides is 1. The number of aliphatic imine (C=N–C) groups is 1. The van der Waals surface area contributed by atoms with E-state index in [1.165, 1.54) is 66.5 Å². The van der Waals surface area contributed by atoms with Gasteiger partial charge in [-0.05, 0) is 91.7 Å². The van der Waals surface area contributed by atoms with Crippen LogP contribution in [0.4, 0.5) is 4.79 Å². The highest BCUT2D eigenvalue weighted by Gasteiger charge is 2.32. The molecule has 222 valence electrons. The first kappa shape index (κ1) is 33.4. The fourth-order valence-electron chi connectivity index (χ4n) is 5.95. The van der Waals surface area contributed by atoms with Gasteiger partial charge in [0, 0.05) is 48.9 Å². The summed E-state index contributed by atoms with van der Waals surface area (Å²) in [6.07, 6.45) is 11.2. The van der Waals surface area contributed by atoms with Crippen LogP contribution in [0.25, 0.3) is 0 Å². The van der Waals surface area contributed by atoms with Gasteiger partial charge in [-0.15, -0.1) is 0 Å². The third-order valence-electron chi connectivity index (χ3n) is 7.73. The molecule has 5 nitrogen and oxygen atoms in total. The molecule has 0 aromatic heterocycles. The van der Waals surface area contributed by atoms with Crippen LogP contribution < -0.4 is 0 Å². The molecular formula is C35H55N3O2. The lowest BCUT2D eigenvalue weighted by Gasteiger charge is -2.43. The molecule has 2 aliphatic rings. The fourth-order valence-corrected chi connectivity index (χ4v) is 5.95. The summed E-state index contributed by atoms with van der Waals surface area (Å²) in [4.78, 5) is 21.3. The number of aryl methyl sites for hydroxylation is 2. The van der Waals surface area contributed by atoms with Crippen molar-refractivity contribution < 1.29 is 9.53 Å². The highest BCUT2D eigenvalue weighted by molar-refractivity contribution is 6.03. The summed E-state index contributed by atoms with van der Waals surface area (Å²) >= 11 is 0. The van der Waals surface area contributed by atoms with E-state index in [1.807, 2.05) is 25.7 Å². The molecule has 0 N–H and O–H groups in total. The van der Waals surface area contributed by atoms with Gasteiger partial charge in [0.15, 0.2) is 0 Å². The molecule has 1 saturated carbocycles. The van der Waals surface area contributed by atoms with Crippen LogP contribution in [0.1, 0.15) is 98.6 Å². The van der Waals surface area contributed by atoms with Crippen molar-refractivity contribution in [3.63, 3.8) is 0 Å². The van der Waals surface area contributed by atoms with Crippen molar-refractivity contribution in [2.45, 2.75) is 112 Å². The molecule has 0 spiro atoms. The van der Waals surface area contributed by atoms with Crippen molar-refractivity contribution in [2.24, 2.45) is 10.9 Å². The highest BCUT2D eigenvalue weighted by Crippen LogP contribution is 2.37. The highest BCUT2D eigenvalue weighted by atomic mass is 16.6. The number of carbonyl (C=O) groups excluding carboxylic acids is 1. The Hall–Kier alpha value is -2.82. The van der Waals surface area contributed by atoms with E-state index in [4.69, 9.17) is 4.74 Å². The molecule has 2 fully saturated rings. The van der Waals surface area contributed by atoms with Gasteiger partial charge < -0.3 is 14.5 Å². The van der Waals surface area contributed by atoms with E-state index in [0.29, 0.717) is 19.0 Å². The predicted molar refractivity (Wildman–Crippen MR) is 171 cm³/mol. The van der Waals surface area contributed by atoms with E-state index in [2.05, 4.69) is 88.4 Å².